The van der Waals surface area contributed by atoms with Gasteiger partial charge in [-0.15, -0.1) is 5.10 Å². The molecule has 6 heteroatoms. The Labute approximate surface area is 132 Å². The zero-order valence-corrected chi connectivity index (χ0v) is 12.7. The van der Waals surface area contributed by atoms with E-state index in [4.69, 9.17) is 4.42 Å². The molecule has 0 fully saturated rings. The molecule has 1 N–H and O–H groups in total. The van der Waals surface area contributed by atoms with Crippen LogP contribution in [0.25, 0.3) is 5.69 Å². The van der Waals surface area contributed by atoms with Crippen molar-refractivity contribution in [2.45, 2.75) is 13.8 Å². The standard InChI is InChI=1S/C17H15N3O3/c1-11-3-7-14(8-4-11)18-16(21)13-5-9-15(10-6-13)20-17(22)23-12(2)19-20/h3-10H,1-2H3,(H,18,21). The number of aryl methyl sites for hydroxylation is 2. The third-order valence-electron chi connectivity index (χ3n) is 3.33. The SMILES string of the molecule is Cc1ccc(NC(=O)c2ccc(-n3nc(C)oc3=O)cc2)cc1. The van der Waals surface area contributed by atoms with Crippen LogP contribution in [0.15, 0.2) is 57.7 Å². The second kappa shape index (κ2) is 5.92. The van der Waals surface area contributed by atoms with Crippen molar-refractivity contribution in [3.05, 3.63) is 76.1 Å². The fourth-order valence-electron chi connectivity index (χ4n) is 2.13. The van der Waals surface area contributed by atoms with Gasteiger partial charge in [-0.25, -0.2) is 4.79 Å². The Balaban J connectivity index is 1.79. The molecule has 116 valence electrons. The maximum atomic E-state index is 12.2. The number of amides is 1. The highest BCUT2D eigenvalue weighted by atomic mass is 16.4. The number of nitrogens with one attached hydrogen (secondary N) is 1. The summed E-state index contributed by atoms with van der Waals surface area (Å²) in [4.78, 5) is 23.8. The lowest BCUT2D eigenvalue weighted by atomic mass is 10.2. The molecular weight excluding hydrogens is 294 g/mol. The highest BCUT2D eigenvalue weighted by Crippen LogP contribution is 2.12. The Morgan fingerprint density at radius 1 is 1.04 bits per heavy atom. The first-order valence-electron chi connectivity index (χ1n) is 7.08. The van der Waals surface area contributed by atoms with Gasteiger partial charge < -0.3 is 9.73 Å². The zero-order chi connectivity index (χ0) is 16.4. The number of benzene rings is 2. The first-order chi connectivity index (χ1) is 11.0. The minimum atomic E-state index is -0.556. The topological polar surface area (TPSA) is 77.1 Å². The van der Waals surface area contributed by atoms with Crippen molar-refractivity contribution in [2.24, 2.45) is 0 Å². The van der Waals surface area contributed by atoms with E-state index in [0.29, 0.717) is 11.3 Å². The Morgan fingerprint density at radius 3 is 2.26 bits per heavy atom. The number of rotatable bonds is 3. The van der Waals surface area contributed by atoms with E-state index in [0.717, 1.165) is 15.9 Å². The lowest BCUT2D eigenvalue weighted by molar-refractivity contribution is 0.102. The van der Waals surface area contributed by atoms with Crippen molar-refractivity contribution in [3.63, 3.8) is 0 Å². The maximum Gasteiger partial charge on any atom is 0.441 e. The summed E-state index contributed by atoms with van der Waals surface area (Å²) < 4.78 is 6.00. The largest absolute Gasteiger partial charge is 0.441 e. The van der Waals surface area contributed by atoms with Gasteiger partial charge in [-0.2, -0.15) is 4.68 Å². The average molecular weight is 309 g/mol. The Bertz CT molecular complexity index is 890. The molecule has 0 aliphatic heterocycles. The van der Waals surface area contributed by atoms with E-state index in [1.54, 1.807) is 31.2 Å². The lowest BCUT2D eigenvalue weighted by Crippen LogP contribution is -2.15. The number of nitrogens with zero attached hydrogens (tertiary/aromatic N) is 2. The molecule has 3 rings (SSSR count). The van der Waals surface area contributed by atoms with Gasteiger partial charge in [-0.05, 0) is 43.3 Å². The molecule has 0 saturated heterocycles. The Hall–Kier alpha value is -3.15. The number of hydrogen-bond acceptors (Lipinski definition) is 4. The third-order valence-corrected chi connectivity index (χ3v) is 3.33. The van der Waals surface area contributed by atoms with E-state index >= 15 is 0 Å². The second-order valence-corrected chi connectivity index (χ2v) is 5.17. The highest BCUT2D eigenvalue weighted by Gasteiger charge is 2.09. The van der Waals surface area contributed by atoms with Gasteiger partial charge in [-0.3, -0.25) is 4.79 Å². The predicted octanol–water partition coefficient (Wildman–Crippen LogP) is 2.69. The van der Waals surface area contributed by atoms with Crippen LogP contribution in [0.3, 0.4) is 0 Å². The summed E-state index contributed by atoms with van der Waals surface area (Å²) in [6.07, 6.45) is 0. The molecule has 1 aromatic heterocycles. The molecular formula is C17H15N3O3. The van der Waals surface area contributed by atoms with Gasteiger partial charge in [0.1, 0.15) is 0 Å². The third kappa shape index (κ3) is 3.21. The van der Waals surface area contributed by atoms with Gasteiger partial charge in [0.15, 0.2) is 0 Å². The molecule has 0 saturated carbocycles. The quantitative estimate of drug-likeness (QED) is 0.807. The van der Waals surface area contributed by atoms with Crippen LogP contribution in [0.5, 0.6) is 0 Å². The van der Waals surface area contributed by atoms with Crippen molar-refractivity contribution >= 4 is 11.6 Å². The molecule has 23 heavy (non-hydrogen) atoms. The molecule has 0 unspecified atom stereocenters. The smallest absolute Gasteiger partial charge is 0.392 e. The average Bonchev–Trinajstić information content (AvgIpc) is 2.88. The second-order valence-electron chi connectivity index (χ2n) is 5.17. The van der Waals surface area contributed by atoms with Gasteiger partial charge in [0.05, 0.1) is 5.69 Å². The van der Waals surface area contributed by atoms with Crippen LogP contribution < -0.4 is 11.1 Å². The molecule has 1 heterocycles. The monoisotopic (exact) mass is 309 g/mol. The normalized spacial score (nSPS) is 10.5. The first-order valence-corrected chi connectivity index (χ1v) is 7.08. The summed E-state index contributed by atoms with van der Waals surface area (Å²) in [5, 5.41) is 6.79. The Kier molecular flexibility index (Phi) is 3.80. The van der Waals surface area contributed by atoms with Crippen LogP contribution in [0, 0.1) is 13.8 Å². The lowest BCUT2D eigenvalue weighted by Gasteiger charge is -2.06. The fourth-order valence-corrected chi connectivity index (χ4v) is 2.13. The number of hydrogen-bond donors (Lipinski definition) is 1. The molecule has 0 radical (unpaired) electrons. The molecule has 0 atom stereocenters. The van der Waals surface area contributed by atoms with E-state index in [2.05, 4.69) is 10.4 Å². The first kappa shape index (κ1) is 14.8. The van der Waals surface area contributed by atoms with Crippen molar-refractivity contribution in [3.8, 4) is 5.69 Å². The number of carbonyl (C=O) groups is 1. The van der Waals surface area contributed by atoms with E-state index in [1.165, 1.54) is 0 Å². The van der Waals surface area contributed by atoms with Crippen LogP contribution >= 0.6 is 0 Å². The minimum absolute atomic E-state index is 0.218. The minimum Gasteiger partial charge on any atom is -0.392 e. The van der Waals surface area contributed by atoms with Gasteiger partial charge in [0.25, 0.3) is 5.91 Å². The van der Waals surface area contributed by atoms with E-state index in [9.17, 15) is 9.59 Å². The van der Waals surface area contributed by atoms with Crippen molar-refractivity contribution in [2.75, 3.05) is 5.32 Å². The highest BCUT2D eigenvalue weighted by molar-refractivity contribution is 6.04. The maximum absolute atomic E-state index is 12.2. The summed E-state index contributed by atoms with van der Waals surface area (Å²) in [5.74, 6) is -0.486. The zero-order valence-electron chi connectivity index (χ0n) is 12.7. The summed E-state index contributed by atoms with van der Waals surface area (Å²) in [6, 6.07) is 14.1. The number of aromatic nitrogens is 2. The van der Waals surface area contributed by atoms with Crippen LogP contribution in [0.1, 0.15) is 21.8 Å². The molecule has 0 spiro atoms. The number of carbonyl (C=O) groups excluding carboxylic acids is 1. The summed E-state index contributed by atoms with van der Waals surface area (Å²) >= 11 is 0. The van der Waals surface area contributed by atoms with Crippen LogP contribution in [-0.4, -0.2) is 15.7 Å². The fraction of sp³-hybridized carbons (Fsp3) is 0.118. The number of anilines is 1. The van der Waals surface area contributed by atoms with Gasteiger partial charge >= 0.3 is 5.76 Å². The molecule has 1 amide bonds. The van der Waals surface area contributed by atoms with Crippen LogP contribution in [0.4, 0.5) is 5.69 Å². The summed E-state index contributed by atoms with van der Waals surface area (Å²) in [7, 11) is 0. The van der Waals surface area contributed by atoms with E-state index < -0.39 is 5.76 Å². The van der Waals surface area contributed by atoms with Crippen LogP contribution in [0.2, 0.25) is 0 Å². The van der Waals surface area contributed by atoms with E-state index in [1.807, 2.05) is 31.2 Å². The van der Waals surface area contributed by atoms with E-state index in [-0.39, 0.29) is 11.8 Å². The van der Waals surface area contributed by atoms with Crippen molar-refractivity contribution in [1.29, 1.82) is 0 Å². The molecule has 0 aliphatic rings. The van der Waals surface area contributed by atoms with Gasteiger partial charge in [0, 0.05) is 18.2 Å². The van der Waals surface area contributed by atoms with Crippen molar-refractivity contribution < 1.29 is 9.21 Å². The Morgan fingerprint density at radius 2 is 1.70 bits per heavy atom. The summed E-state index contributed by atoms with van der Waals surface area (Å²) in [5.41, 5.74) is 2.88. The van der Waals surface area contributed by atoms with Crippen LogP contribution in [-0.2, 0) is 0 Å². The van der Waals surface area contributed by atoms with Gasteiger partial charge in [-0.1, -0.05) is 17.7 Å². The predicted molar refractivity (Wildman–Crippen MR) is 86.0 cm³/mol. The molecule has 6 nitrogen and oxygen atoms in total. The summed E-state index contributed by atoms with van der Waals surface area (Å²) in [6.45, 7) is 3.58. The van der Waals surface area contributed by atoms with Gasteiger partial charge in [0.2, 0.25) is 5.89 Å². The molecule has 0 bridgehead atoms. The molecule has 2 aromatic carbocycles. The molecule has 0 aliphatic carbocycles. The van der Waals surface area contributed by atoms with Crippen molar-refractivity contribution in [1.82, 2.24) is 9.78 Å². The molecule has 3 aromatic rings.